The minimum atomic E-state index is -0.722. The number of hydrogen-bond donors (Lipinski definition) is 1. The number of aromatic nitrogens is 1. The van der Waals surface area contributed by atoms with Crippen LogP contribution in [0.5, 0.6) is 0 Å². The largest absolute Gasteiger partial charge is 0.419 e. The fourth-order valence-corrected chi connectivity index (χ4v) is 1.90. The molecule has 0 unspecified atom stereocenters. The lowest BCUT2D eigenvalue weighted by Crippen LogP contribution is -2.14. The SMILES string of the molecule is CSc1cccc2[nH]c(=O)oc(=O)c12. The molecule has 0 saturated carbocycles. The van der Waals surface area contributed by atoms with Gasteiger partial charge in [0.25, 0.3) is 0 Å². The smallest absolute Gasteiger partial charge is 0.372 e. The Hall–Kier alpha value is -1.49. The zero-order valence-electron chi connectivity index (χ0n) is 7.37. The second-order valence-corrected chi connectivity index (χ2v) is 3.53. The van der Waals surface area contributed by atoms with Crippen LogP contribution in [0.4, 0.5) is 0 Å². The molecule has 0 aliphatic heterocycles. The number of nitrogens with one attached hydrogen (secondary N) is 1. The summed E-state index contributed by atoms with van der Waals surface area (Å²) in [5.74, 6) is -0.722. The highest BCUT2D eigenvalue weighted by atomic mass is 32.2. The first-order valence-electron chi connectivity index (χ1n) is 3.92. The van der Waals surface area contributed by atoms with Crippen LogP contribution in [0.3, 0.4) is 0 Å². The molecule has 72 valence electrons. The van der Waals surface area contributed by atoms with Gasteiger partial charge in [-0.1, -0.05) is 6.07 Å². The molecule has 2 rings (SSSR count). The second-order valence-electron chi connectivity index (χ2n) is 2.68. The number of fused-ring (bicyclic) bond motifs is 1. The molecule has 1 N–H and O–H groups in total. The zero-order valence-corrected chi connectivity index (χ0v) is 8.18. The van der Waals surface area contributed by atoms with Crippen LogP contribution in [0, 0.1) is 0 Å². The molecule has 14 heavy (non-hydrogen) atoms. The Labute approximate surface area is 82.9 Å². The fourth-order valence-electron chi connectivity index (χ4n) is 1.29. The van der Waals surface area contributed by atoms with Gasteiger partial charge in [0.05, 0.1) is 10.9 Å². The Bertz CT molecular complexity index is 584. The fraction of sp³-hybridized carbons (Fsp3) is 0.111. The first-order chi connectivity index (χ1) is 6.72. The van der Waals surface area contributed by atoms with E-state index >= 15 is 0 Å². The van der Waals surface area contributed by atoms with Crippen molar-refractivity contribution in [2.24, 2.45) is 0 Å². The molecule has 2 aromatic rings. The van der Waals surface area contributed by atoms with E-state index < -0.39 is 11.4 Å². The third kappa shape index (κ3) is 1.35. The van der Waals surface area contributed by atoms with E-state index in [9.17, 15) is 9.59 Å². The highest BCUT2D eigenvalue weighted by Gasteiger charge is 2.06. The molecule has 0 amide bonds. The van der Waals surface area contributed by atoms with E-state index in [0.717, 1.165) is 4.90 Å². The van der Waals surface area contributed by atoms with Crippen LogP contribution in [0.1, 0.15) is 0 Å². The van der Waals surface area contributed by atoms with Gasteiger partial charge in [-0.2, -0.15) is 0 Å². The number of thioether (sulfide) groups is 1. The van der Waals surface area contributed by atoms with Gasteiger partial charge in [0.15, 0.2) is 0 Å². The maximum absolute atomic E-state index is 11.4. The maximum atomic E-state index is 11.4. The third-order valence-electron chi connectivity index (χ3n) is 1.87. The average Bonchev–Trinajstić information content (AvgIpc) is 2.16. The van der Waals surface area contributed by atoms with Gasteiger partial charge in [-0.05, 0) is 18.4 Å². The Morgan fingerprint density at radius 2 is 2.14 bits per heavy atom. The van der Waals surface area contributed by atoms with Crippen LogP contribution in [-0.4, -0.2) is 11.2 Å². The van der Waals surface area contributed by atoms with E-state index in [1.54, 1.807) is 12.1 Å². The molecule has 0 bridgehead atoms. The first kappa shape index (κ1) is 9.08. The normalized spacial score (nSPS) is 10.6. The Balaban J connectivity index is 3.02. The highest BCUT2D eigenvalue weighted by molar-refractivity contribution is 7.98. The zero-order chi connectivity index (χ0) is 10.1. The summed E-state index contributed by atoms with van der Waals surface area (Å²) in [6.07, 6.45) is 1.86. The van der Waals surface area contributed by atoms with Crippen molar-refractivity contribution in [3.63, 3.8) is 0 Å². The van der Waals surface area contributed by atoms with E-state index in [1.165, 1.54) is 11.8 Å². The monoisotopic (exact) mass is 209 g/mol. The molecule has 0 spiro atoms. The van der Waals surface area contributed by atoms with E-state index in [0.29, 0.717) is 10.9 Å². The summed E-state index contributed by atoms with van der Waals surface area (Å²) in [5, 5.41) is 0.430. The Kier molecular flexibility index (Phi) is 2.17. The van der Waals surface area contributed by atoms with E-state index in [4.69, 9.17) is 0 Å². The van der Waals surface area contributed by atoms with Gasteiger partial charge < -0.3 is 4.42 Å². The number of H-pyrrole nitrogens is 1. The van der Waals surface area contributed by atoms with Gasteiger partial charge in [0, 0.05) is 4.90 Å². The van der Waals surface area contributed by atoms with Gasteiger partial charge in [-0.15, -0.1) is 11.8 Å². The average molecular weight is 209 g/mol. The predicted octanol–water partition coefficient (Wildman–Crippen LogP) is 1.20. The van der Waals surface area contributed by atoms with Gasteiger partial charge in [-0.25, -0.2) is 9.59 Å². The molecule has 5 heteroatoms. The number of rotatable bonds is 1. The van der Waals surface area contributed by atoms with Crippen LogP contribution in [0.15, 0.2) is 37.1 Å². The van der Waals surface area contributed by atoms with Crippen LogP contribution >= 0.6 is 11.8 Å². The molecule has 0 saturated heterocycles. The summed E-state index contributed by atoms with van der Waals surface area (Å²) in [4.78, 5) is 25.5. The molecule has 0 aliphatic rings. The standard InChI is InChI=1S/C9H7NO3S/c1-14-6-4-2-3-5-7(6)8(11)13-9(12)10-5/h2-4H,1H3,(H,10,12). The van der Waals surface area contributed by atoms with Crippen molar-refractivity contribution in [1.29, 1.82) is 0 Å². The Morgan fingerprint density at radius 1 is 1.36 bits per heavy atom. The van der Waals surface area contributed by atoms with Gasteiger partial charge >= 0.3 is 11.4 Å². The van der Waals surface area contributed by atoms with Crippen molar-refractivity contribution in [3.05, 3.63) is 39.2 Å². The minimum absolute atomic E-state index is 0.430. The molecule has 1 heterocycles. The van der Waals surface area contributed by atoms with Crippen molar-refractivity contribution in [1.82, 2.24) is 4.98 Å². The lowest BCUT2D eigenvalue weighted by Gasteiger charge is -1.99. The summed E-state index contributed by atoms with van der Waals surface area (Å²) in [6.45, 7) is 0. The van der Waals surface area contributed by atoms with Crippen LogP contribution < -0.4 is 11.4 Å². The van der Waals surface area contributed by atoms with Crippen LogP contribution in [0.25, 0.3) is 10.9 Å². The molecule has 0 fully saturated rings. The molecular weight excluding hydrogens is 202 g/mol. The van der Waals surface area contributed by atoms with Crippen molar-refractivity contribution >= 4 is 22.7 Å². The van der Waals surface area contributed by atoms with Crippen molar-refractivity contribution < 1.29 is 4.42 Å². The summed E-state index contributed by atoms with van der Waals surface area (Å²) in [7, 11) is 0. The highest BCUT2D eigenvalue weighted by Crippen LogP contribution is 2.20. The van der Waals surface area contributed by atoms with Gasteiger partial charge in [0.2, 0.25) is 0 Å². The van der Waals surface area contributed by atoms with Gasteiger partial charge in [0.1, 0.15) is 0 Å². The van der Waals surface area contributed by atoms with Crippen LogP contribution in [0.2, 0.25) is 0 Å². The molecule has 4 nitrogen and oxygen atoms in total. The van der Waals surface area contributed by atoms with Crippen molar-refractivity contribution in [3.8, 4) is 0 Å². The maximum Gasteiger partial charge on any atom is 0.419 e. The second kappa shape index (κ2) is 3.34. The molecule has 0 aliphatic carbocycles. The molecule has 0 radical (unpaired) electrons. The lowest BCUT2D eigenvalue weighted by atomic mass is 10.2. The Morgan fingerprint density at radius 3 is 2.86 bits per heavy atom. The topological polar surface area (TPSA) is 63.1 Å². The van der Waals surface area contributed by atoms with Crippen LogP contribution in [-0.2, 0) is 0 Å². The molecule has 1 aromatic carbocycles. The molecule has 0 atom stereocenters. The number of benzene rings is 1. The van der Waals surface area contributed by atoms with Gasteiger partial charge in [-0.3, -0.25) is 4.98 Å². The summed E-state index contributed by atoms with van der Waals surface area (Å²) < 4.78 is 4.45. The first-order valence-corrected chi connectivity index (χ1v) is 5.15. The third-order valence-corrected chi connectivity index (χ3v) is 2.65. The minimum Gasteiger partial charge on any atom is -0.372 e. The molecule has 1 aromatic heterocycles. The van der Waals surface area contributed by atoms with E-state index in [2.05, 4.69) is 9.40 Å². The van der Waals surface area contributed by atoms with Crippen molar-refractivity contribution in [2.45, 2.75) is 4.90 Å². The van der Waals surface area contributed by atoms with E-state index in [-0.39, 0.29) is 0 Å². The molecular formula is C9H7NO3S. The lowest BCUT2D eigenvalue weighted by molar-refractivity contribution is 0.459. The predicted molar refractivity (Wildman–Crippen MR) is 54.9 cm³/mol. The van der Waals surface area contributed by atoms with Crippen molar-refractivity contribution in [2.75, 3.05) is 6.26 Å². The summed E-state index contributed by atoms with van der Waals surface area (Å²) in [5.41, 5.74) is -0.0770. The number of aromatic amines is 1. The quantitative estimate of drug-likeness (QED) is 0.717. The summed E-state index contributed by atoms with van der Waals surface area (Å²) in [6, 6.07) is 5.26. The summed E-state index contributed by atoms with van der Waals surface area (Å²) >= 11 is 1.44. The number of hydrogen-bond acceptors (Lipinski definition) is 4. The van der Waals surface area contributed by atoms with E-state index in [1.807, 2.05) is 12.3 Å².